The van der Waals surface area contributed by atoms with E-state index in [1.807, 2.05) is 0 Å². The summed E-state index contributed by atoms with van der Waals surface area (Å²) in [6.45, 7) is 8.64. The van der Waals surface area contributed by atoms with Crippen LogP contribution in [0.25, 0.3) is 0 Å². The molecule has 2 aliphatic heterocycles. The molecular weight excluding hydrogens is 336 g/mol. The Bertz CT molecular complexity index is 612. The highest BCUT2D eigenvalue weighted by Crippen LogP contribution is 2.19. The number of nitrogens with one attached hydrogen (secondary N) is 1. The van der Waals surface area contributed by atoms with Crippen molar-refractivity contribution in [2.45, 2.75) is 32.7 Å². The van der Waals surface area contributed by atoms with Gasteiger partial charge in [0.05, 0.1) is 6.54 Å². The molecular formula is C22H34N4O. The van der Waals surface area contributed by atoms with Crippen LogP contribution in [0, 0.1) is 5.92 Å². The smallest absolute Gasteiger partial charge is 0.193 e. The largest absolute Gasteiger partial charge is 0.381 e. The Hall–Kier alpha value is -2.01. The maximum Gasteiger partial charge on any atom is 0.193 e. The zero-order chi connectivity index (χ0) is 18.9. The lowest BCUT2D eigenvalue weighted by molar-refractivity contribution is 0.0625. The summed E-state index contributed by atoms with van der Waals surface area (Å²) < 4.78 is 5.46. The number of benzene rings is 1. The lowest BCUT2D eigenvalue weighted by Gasteiger charge is -2.27. The van der Waals surface area contributed by atoms with E-state index in [1.165, 1.54) is 30.5 Å². The minimum atomic E-state index is 0.711. The number of hydrogen-bond acceptors (Lipinski definition) is 3. The van der Waals surface area contributed by atoms with Crippen LogP contribution in [-0.4, -0.2) is 57.3 Å². The second-order valence-corrected chi connectivity index (χ2v) is 7.48. The number of nitrogens with zero attached hydrogens (tertiary/aromatic N) is 3. The van der Waals surface area contributed by atoms with E-state index in [0.717, 1.165) is 51.3 Å². The molecule has 0 atom stereocenters. The van der Waals surface area contributed by atoms with E-state index >= 15 is 0 Å². The molecule has 5 nitrogen and oxygen atoms in total. The second kappa shape index (κ2) is 10.4. The quantitative estimate of drug-likeness (QED) is 0.454. The molecule has 0 bridgehead atoms. The van der Waals surface area contributed by atoms with Gasteiger partial charge in [0.2, 0.25) is 0 Å². The monoisotopic (exact) mass is 370 g/mol. The van der Waals surface area contributed by atoms with E-state index in [9.17, 15) is 0 Å². The number of rotatable bonds is 7. The van der Waals surface area contributed by atoms with Crippen LogP contribution in [0.1, 0.15) is 31.7 Å². The first kappa shape index (κ1) is 19.7. The first-order chi connectivity index (χ1) is 13.3. The van der Waals surface area contributed by atoms with Crippen LogP contribution >= 0.6 is 0 Å². The molecule has 0 amide bonds. The number of aliphatic imine (C=N–C) groups is 1. The van der Waals surface area contributed by atoms with Crippen LogP contribution in [0.5, 0.6) is 0 Å². The Balaban J connectivity index is 1.52. The van der Waals surface area contributed by atoms with Gasteiger partial charge >= 0.3 is 0 Å². The van der Waals surface area contributed by atoms with Crippen molar-refractivity contribution < 1.29 is 4.74 Å². The summed E-state index contributed by atoms with van der Waals surface area (Å²) in [6.07, 6.45) is 8.04. The molecule has 5 heteroatoms. The first-order valence-corrected chi connectivity index (χ1v) is 10.3. The van der Waals surface area contributed by atoms with Crippen molar-refractivity contribution in [1.29, 1.82) is 0 Å². The van der Waals surface area contributed by atoms with E-state index in [1.54, 1.807) is 0 Å². The Morgan fingerprint density at radius 3 is 2.56 bits per heavy atom. The number of guanidine groups is 1. The lowest BCUT2D eigenvalue weighted by Crippen LogP contribution is -2.40. The maximum absolute atomic E-state index is 5.46. The molecule has 3 rings (SSSR count). The number of ether oxygens (including phenoxy) is 1. The van der Waals surface area contributed by atoms with Gasteiger partial charge in [0, 0.05) is 52.1 Å². The maximum atomic E-state index is 5.46. The Morgan fingerprint density at radius 2 is 1.89 bits per heavy atom. The predicted octanol–water partition coefficient (Wildman–Crippen LogP) is 3.28. The second-order valence-electron chi connectivity index (χ2n) is 7.48. The Kier molecular flexibility index (Phi) is 7.57. The van der Waals surface area contributed by atoms with Crippen molar-refractivity contribution >= 4 is 11.6 Å². The standard InChI is InChI=1S/C22H34N4O/c1-3-23-22(25(2)15-10-19-11-16-27-17-12-19)24-18-20-6-8-21(9-7-20)26-13-4-5-14-26/h4-9,19H,3,10-18H2,1-2H3,(H,23,24). The van der Waals surface area contributed by atoms with Crippen LogP contribution in [0.4, 0.5) is 5.69 Å². The van der Waals surface area contributed by atoms with Gasteiger partial charge < -0.3 is 19.9 Å². The summed E-state index contributed by atoms with van der Waals surface area (Å²) in [7, 11) is 2.14. The van der Waals surface area contributed by atoms with Crippen molar-refractivity contribution in [3.63, 3.8) is 0 Å². The van der Waals surface area contributed by atoms with Crippen molar-refractivity contribution in [1.82, 2.24) is 10.2 Å². The van der Waals surface area contributed by atoms with E-state index in [-0.39, 0.29) is 0 Å². The van der Waals surface area contributed by atoms with E-state index in [0.29, 0.717) is 6.54 Å². The molecule has 1 aromatic carbocycles. The Morgan fingerprint density at radius 1 is 1.19 bits per heavy atom. The van der Waals surface area contributed by atoms with Gasteiger partial charge in [-0.05, 0) is 49.8 Å². The topological polar surface area (TPSA) is 40.1 Å². The first-order valence-electron chi connectivity index (χ1n) is 10.3. The molecule has 0 unspecified atom stereocenters. The van der Waals surface area contributed by atoms with Crippen molar-refractivity contribution in [2.75, 3.05) is 51.3 Å². The summed E-state index contributed by atoms with van der Waals surface area (Å²) >= 11 is 0. The minimum Gasteiger partial charge on any atom is -0.381 e. The van der Waals surface area contributed by atoms with Gasteiger partial charge in [-0.15, -0.1) is 0 Å². The molecule has 0 saturated carbocycles. The fourth-order valence-electron chi connectivity index (χ4n) is 3.65. The molecule has 1 aromatic rings. The zero-order valence-electron chi connectivity index (χ0n) is 16.9. The van der Waals surface area contributed by atoms with E-state index in [4.69, 9.17) is 9.73 Å². The van der Waals surface area contributed by atoms with Gasteiger partial charge in [0.25, 0.3) is 0 Å². The van der Waals surface area contributed by atoms with E-state index in [2.05, 4.69) is 65.5 Å². The molecule has 2 heterocycles. The fraction of sp³-hybridized carbons (Fsp3) is 0.591. The third-order valence-electron chi connectivity index (χ3n) is 5.44. The van der Waals surface area contributed by atoms with Crippen molar-refractivity contribution in [3.05, 3.63) is 42.0 Å². The van der Waals surface area contributed by atoms with Gasteiger partial charge in [-0.2, -0.15) is 0 Å². The van der Waals surface area contributed by atoms with Gasteiger partial charge in [-0.25, -0.2) is 4.99 Å². The minimum absolute atomic E-state index is 0.711. The van der Waals surface area contributed by atoms with Crippen LogP contribution in [0.3, 0.4) is 0 Å². The molecule has 0 radical (unpaired) electrons. The molecule has 1 fully saturated rings. The summed E-state index contributed by atoms with van der Waals surface area (Å²) in [5.74, 6) is 1.79. The highest BCUT2D eigenvalue weighted by molar-refractivity contribution is 5.79. The highest BCUT2D eigenvalue weighted by atomic mass is 16.5. The molecule has 148 valence electrons. The van der Waals surface area contributed by atoms with Gasteiger partial charge in [-0.3, -0.25) is 0 Å². The number of anilines is 1. The van der Waals surface area contributed by atoms with E-state index < -0.39 is 0 Å². The van der Waals surface area contributed by atoms with Gasteiger partial charge in [0.1, 0.15) is 0 Å². The third kappa shape index (κ3) is 5.99. The zero-order valence-corrected chi connectivity index (χ0v) is 16.9. The number of hydrogen-bond donors (Lipinski definition) is 1. The predicted molar refractivity (Wildman–Crippen MR) is 113 cm³/mol. The van der Waals surface area contributed by atoms with Crippen LogP contribution in [0.15, 0.2) is 41.4 Å². The molecule has 0 aromatic heterocycles. The average Bonchev–Trinajstić information content (AvgIpc) is 3.25. The van der Waals surface area contributed by atoms with Crippen molar-refractivity contribution in [3.8, 4) is 0 Å². The molecule has 0 aliphatic carbocycles. The Labute approximate surface area is 164 Å². The van der Waals surface area contributed by atoms with Gasteiger partial charge in [0.15, 0.2) is 5.96 Å². The molecule has 2 aliphatic rings. The van der Waals surface area contributed by atoms with Crippen molar-refractivity contribution in [2.24, 2.45) is 10.9 Å². The van der Waals surface area contributed by atoms with Crippen LogP contribution in [-0.2, 0) is 11.3 Å². The molecule has 27 heavy (non-hydrogen) atoms. The molecule has 0 spiro atoms. The lowest BCUT2D eigenvalue weighted by atomic mass is 9.96. The average molecular weight is 371 g/mol. The SMILES string of the molecule is CCNC(=NCc1ccc(N2CC=CC2)cc1)N(C)CCC1CCOCC1. The van der Waals surface area contributed by atoms with Crippen LogP contribution < -0.4 is 10.2 Å². The fourth-order valence-corrected chi connectivity index (χ4v) is 3.65. The summed E-state index contributed by atoms with van der Waals surface area (Å²) in [5.41, 5.74) is 2.53. The summed E-state index contributed by atoms with van der Waals surface area (Å²) in [5, 5.41) is 3.43. The molecule has 1 saturated heterocycles. The van der Waals surface area contributed by atoms with Crippen LogP contribution in [0.2, 0.25) is 0 Å². The summed E-state index contributed by atoms with van der Waals surface area (Å²) in [6, 6.07) is 8.81. The highest BCUT2D eigenvalue weighted by Gasteiger charge is 2.15. The normalized spacial score (nSPS) is 18.1. The summed E-state index contributed by atoms with van der Waals surface area (Å²) in [4.78, 5) is 9.48. The molecule has 1 N–H and O–H groups in total. The van der Waals surface area contributed by atoms with Gasteiger partial charge in [-0.1, -0.05) is 24.3 Å². The third-order valence-corrected chi connectivity index (χ3v) is 5.44.